The monoisotopic (exact) mass is 251 g/mol. The van der Waals surface area contributed by atoms with Gasteiger partial charge >= 0.3 is 11.9 Å². The van der Waals surface area contributed by atoms with Crippen LogP contribution in [0.1, 0.15) is 16.7 Å². The minimum absolute atomic E-state index is 0.303. The van der Waals surface area contributed by atoms with Crippen LogP contribution in [0.2, 0.25) is 0 Å². The van der Waals surface area contributed by atoms with E-state index in [0.717, 1.165) is 22.4 Å². The highest BCUT2D eigenvalue weighted by molar-refractivity contribution is 6.31. The minimum Gasteiger partial charge on any atom is -0.496 e. The topological polar surface area (TPSA) is 75.6 Å². The third-order valence-electron chi connectivity index (χ3n) is 2.73. The first-order valence-corrected chi connectivity index (χ1v) is 5.61. The smallest absolute Gasteiger partial charge is 0.394 e. The summed E-state index contributed by atoms with van der Waals surface area (Å²) < 4.78 is 5.21. The van der Waals surface area contributed by atoms with E-state index >= 15 is 0 Å². The van der Waals surface area contributed by atoms with E-state index in [4.69, 9.17) is 9.84 Å². The van der Waals surface area contributed by atoms with Gasteiger partial charge in [0.1, 0.15) is 5.75 Å². The molecule has 5 heteroatoms. The zero-order chi connectivity index (χ0) is 13.7. The molecular formula is C13H17NO4. The van der Waals surface area contributed by atoms with Crippen LogP contribution in [0.3, 0.4) is 0 Å². The second-order valence-electron chi connectivity index (χ2n) is 4.06. The van der Waals surface area contributed by atoms with Crippen molar-refractivity contribution in [3.63, 3.8) is 0 Å². The molecule has 0 radical (unpaired) electrons. The van der Waals surface area contributed by atoms with Crippen LogP contribution >= 0.6 is 0 Å². The summed E-state index contributed by atoms with van der Waals surface area (Å²) >= 11 is 0. The maximum atomic E-state index is 10.9. The van der Waals surface area contributed by atoms with E-state index in [0.29, 0.717) is 13.0 Å². The van der Waals surface area contributed by atoms with Gasteiger partial charge in [0.15, 0.2) is 0 Å². The quantitative estimate of drug-likeness (QED) is 0.784. The fraction of sp³-hybridized carbons (Fsp3) is 0.385. The maximum Gasteiger partial charge on any atom is 0.394 e. The molecule has 0 bridgehead atoms. The molecule has 0 saturated carbocycles. The lowest BCUT2D eigenvalue weighted by Crippen LogP contribution is -2.32. The van der Waals surface area contributed by atoms with E-state index in [9.17, 15) is 9.59 Å². The van der Waals surface area contributed by atoms with Crippen molar-refractivity contribution in [1.82, 2.24) is 5.32 Å². The second kappa shape index (κ2) is 6.05. The third kappa shape index (κ3) is 3.48. The maximum absolute atomic E-state index is 10.9. The van der Waals surface area contributed by atoms with E-state index < -0.39 is 11.9 Å². The Hall–Kier alpha value is -2.04. The first kappa shape index (κ1) is 14.0. The molecule has 5 nitrogen and oxygen atoms in total. The Morgan fingerprint density at radius 1 is 1.28 bits per heavy atom. The second-order valence-corrected chi connectivity index (χ2v) is 4.06. The number of carbonyl (C=O) groups excluding carboxylic acids is 1. The molecule has 0 aliphatic heterocycles. The highest BCUT2D eigenvalue weighted by atomic mass is 16.5. The van der Waals surface area contributed by atoms with Crippen molar-refractivity contribution in [3.05, 3.63) is 28.8 Å². The number of methoxy groups -OCH3 is 1. The van der Waals surface area contributed by atoms with Crippen LogP contribution in [0.4, 0.5) is 0 Å². The molecule has 18 heavy (non-hydrogen) atoms. The predicted octanol–water partition coefficient (Wildman–Crippen LogP) is 1.06. The highest BCUT2D eigenvalue weighted by Gasteiger charge is 2.10. The molecule has 0 aliphatic rings. The van der Waals surface area contributed by atoms with Crippen LogP contribution in [0.15, 0.2) is 12.1 Å². The number of aryl methyl sites for hydroxylation is 2. The van der Waals surface area contributed by atoms with Crippen molar-refractivity contribution < 1.29 is 19.4 Å². The van der Waals surface area contributed by atoms with Gasteiger partial charge in [-0.15, -0.1) is 0 Å². The Bertz CT molecular complexity index is 468. The molecule has 98 valence electrons. The lowest BCUT2D eigenvalue weighted by molar-refractivity contribution is -0.150. The molecule has 0 saturated heterocycles. The first-order chi connectivity index (χ1) is 8.45. The standard InChI is InChI=1S/C13H17NO4/c1-8-7-11(18-3)9(2)6-10(8)4-5-14-12(15)13(16)17/h6-7H,4-5H2,1-3H3,(H,14,15)(H,16,17). The fourth-order valence-electron chi connectivity index (χ4n) is 1.73. The Kier molecular flexibility index (Phi) is 4.71. The Labute approximate surface area is 106 Å². The summed E-state index contributed by atoms with van der Waals surface area (Å²) in [5.41, 5.74) is 3.14. The molecule has 2 N–H and O–H groups in total. The number of hydrogen-bond acceptors (Lipinski definition) is 3. The molecule has 0 unspecified atom stereocenters. The summed E-state index contributed by atoms with van der Waals surface area (Å²) in [4.78, 5) is 21.2. The van der Waals surface area contributed by atoms with Crippen molar-refractivity contribution >= 4 is 11.9 Å². The van der Waals surface area contributed by atoms with Crippen molar-refractivity contribution in [1.29, 1.82) is 0 Å². The van der Waals surface area contributed by atoms with Gasteiger partial charge in [0.2, 0.25) is 0 Å². The van der Waals surface area contributed by atoms with Gasteiger partial charge in [-0.25, -0.2) is 4.79 Å². The number of carboxylic acid groups (broad SMARTS) is 1. The van der Waals surface area contributed by atoms with Crippen LogP contribution in [0, 0.1) is 13.8 Å². The van der Waals surface area contributed by atoms with Gasteiger partial charge in [0, 0.05) is 6.54 Å². The van der Waals surface area contributed by atoms with Crippen LogP contribution in [-0.4, -0.2) is 30.6 Å². The molecule has 1 aromatic carbocycles. The predicted molar refractivity (Wildman–Crippen MR) is 66.8 cm³/mol. The number of carboxylic acids is 1. The van der Waals surface area contributed by atoms with E-state index in [2.05, 4.69) is 5.32 Å². The van der Waals surface area contributed by atoms with Crippen LogP contribution in [0.25, 0.3) is 0 Å². The number of benzene rings is 1. The summed E-state index contributed by atoms with van der Waals surface area (Å²) in [7, 11) is 1.62. The van der Waals surface area contributed by atoms with Crippen LogP contribution in [0.5, 0.6) is 5.75 Å². The Morgan fingerprint density at radius 3 is 2.50 bits per heavy atom. The fourth-order valence-corrected chi connectivity index (χ4v) is 1.73. The van der Waals surface area contributed by atoms with Gasteiger partial charge in [-0.3, -0.25) is 4.79 Å². The minimum atomic E-state index is -1.46. The van der Waals surface area contributed by atoms with Crippen molar-refractivity contribution in [2.45, 2.75) is 20.3 Å². The third-order valence-corrected chi connectivity index (χ3v) is 2.73. The summed E-state index contributed by atoms with van der Waals surface area (Å²) in [6.45, 7) is 4.20. The van der Waals surface area contributed by atoms with Gasteiger partial charge in [-0.05, 0) is 43.0 Å². The van der Waals surface area contributed by atoms with Gasteiger partial charge in [-0.1, -0.05) is 6.07 Å². The Balaban J connectivity index is 2.66. The average Bonchev–Trinajstić information content (AvgIpc) is 2.32. The van der Waals surface area contributed by atoms with E-state index in [1.54, 1.807) is 7.11 Å². The summed E-state index contributed by atoms with van der Waals surface area (Å²) in [5.74, 6) is -1.61. The largest absolute Gasteiger partial charge is 0.496 e. The number of aliphatic carboxylic acids is 1. The molecule has 0 atom stereocenters. The molecule has 0 fully saturated rings. The van der Waals surface area contributed by atoms with Gasteiger partial charge in [-0.2, -0.15) is 0 Å². The molecule has 1 amide bonds. The number of nitrogens with one attached hydrogen (secondary N) is 1. The molecule has 0 spiro atoms. The SMILES string of the molecule is COc1cc(C)c(CCNC(=O)C(=O)O)cc1C. The molecule has 1 rings (SSSR count). The molecular weight excluding hydrogens is 234 g/mol. The van der Waals surface area contributed by atoms with Gasteiger partial charge < -0.3 is 15.2 Å². The van der Waals surface area contributed by atoms with Gasteiger partial charge in [0.05, 0.1) is 7.11 Å². The summed E-state index contributed by atoms with van der Waals surface area (Å²) in [6.07, 6.45) is 0.593. The summed E-state index contributed by atoms with van der Waals surface area (Å²) in [6, 6.07) is 3.92. The zero-order valence-electron chi connectivity index (χ0n) is 10.7. The molecule has 0 aliphatic carbocycles. The van der Waals surface area contributed by atoms with E-state index in [1.807, 2.05) is 26.0 Å². The Morgan fingerprint density at radius 2 is 1.94 bits per heavy atom. The lowest BCUT2D eigenvalue weighted by atomic mass is 10.0. The number of rotatable bonds is 4. The highest BCUT2D eigenvalue weighted by Crippen LogP contribution is 2.22. The number of hydrogen-bond donors (Lipinski definition) is 2. The lowest BCUT2D eigenvalue weighted by Gasteiger charge is -2.11. The van der Waals surface area contributed by atoms with Crippen molar-refractivity contribution in [3.8, 4) is 5.75 Å². The van der Waals surface area contributed by atoms with E-state index in [-0.39, 0.29) is 0 Å². The van der Waals surface area contributed by atoms with Crippen molar-refractivity contribution in [2.75, 3.05) is 13.7 Å². The van der Waals surface area contributed by atoms with Gasteiger partial charge in [0.25, 0.3) is 0 Å². The summed E-state index contributed by atoms with van der Waals surface area (Å²) in [5, 5.41) is 10.8. The zero-order valence-corrected chi connectivity index (χ0v) is 10.7. The van der Waals surface area contributed by atoms with Crippen molar-refractivity contribution in [2.24, 2.45) is 0 Å². The number of carbonyl (C=O) groups is 2. The first-order valence-electron chi connectivity index (χ1n) is 5.61. The number of amides is 1. The average molecular weight is 251 g/mol. The van der Waals surface area contributed by atoms with Crippen LogP contribution < -0.4 is 10.1 Å². The molecule has 1 aromatic rings. The van der Waals surface area contributed by atoms with E-state index in [1.165, 1.54) is 0 Å². The molecule has 0 aromatic heterocycles. The molecule has 0 heterocycles. The number of ether oxygens (including phenoxy) is 1. The van der Waals surface area contributed by atoms with Crippen LogP contribution in [-0.2, 0) is 16.0 Å². The normalized spacial score (nSPS) is 9.94.